The molecule has 1 aliphatic heterocycles. The lowest BCUT2D eigenvalue weighted by Crippen LogP contribution is -2.36. The summed E-state index contributed by atoms with van der Waals surface area (Å²) in [5, 5.41) is 3.56. The van der Waals surface area contributed by atoms with Gasteiger partial charge in [0.05, 0.1) is 12.2 Å². The Balaban J connectivity index is 1.76. The van der Waals surface area contributed by atoms with E-state index in [2.05, 4.69) is 39.6 Å². The third-order valence-electron chi connectivity index (χ3n) is 4.42. The Labute approximate surface area is 117 Å². The van der Waals surface area contributed by atoms with Gasteiger partial charge in [0.2, 0.25) is 0 Å². The maximum absolute atomic E-state index is 5.64. The molecule has 0 aromatic heterocycles. The molecule has 110 valence electrons. The zero-order valence-electron chi connectivity index (χ0n) is 12.9. The number of rotatable bonds is 4. The average Bonchev–Trinajstić information content (AvgIpc) is 2.74. The fourth-order valence-electron chi connectivity index (χ4n) is 3.05. The first-order valence-electron chi connectivity index (χ1n) is 7.55. The minimum atomic E-state index is 0.133. The molecule has 4 unspecified atom stereocenters. The van der Waals surface area contributed by atoms with E-state index in [1.165, 1.54) is 12.8 Å². The van der Waals surface area contributed by atoms with Gasteiger partial charge >= 0.3 is 0 Å². The second-order valence-electron chi connectivity index (χ2n) is 7.22. The fourth-order valence-corrected chi connectivity index (χ4v) is 3.05. The highest BCUT2D eigenvalue weighted by Gasteiger charge is 2.36. The van der Waals surface area contributed by atoms with Gasteiger partial charge in [-0.05, 0) is 38.5 Å². The van der Waals surface area contributed by atoms with Crippen molar-refractivity contribution in [2.45, 2.75) is 71.6 Å². The number of allylic oxidation sites excluding steroid dienone is 1. The summed E-state index contributed by atoms with van der Waals surface area (Å²) >= 11 is 0. The van der Waals surface area contributed by atoms with Gasteiger partial charge < -0.3 is 14.8 Å². The van der Waals surface area contributed by atoms with Crippen molar-refractivity contribution >= 4 is 0 Å². The number of fused-ring (bicyclic) bond motifs is 1. The molecular formula is C16H29NO2. The molecule has 0 amide bonds. The van der Waals surface area contributed by atoms with Crippen molar-refractivity contribution in [2.75, 3.05) is 6.79 Å². The topological polar surface area (TPSA) is 30.5 Å². The average molecular weight is 267 g/mol. The molecule has 0 bridgehead atoms. The summed E-state index contributed by atoms with van der Waals surface area (Å²) in [7, 11) is 0. The van der Waals surface area contributed by atoms with Crippen LogP contribution in [0.3, 0.4) is 0 Å². The van der Waals surface area contributed by atoms with E-state index in [1.807, 2.05) is 0 Å². The molecule has 1 heterocycles. The lowest BCUT2D eigenvalue weighted by molar-refractivity contribution is 0.0386. The number of ether oxygens (including phenoxy) is 2. The standard InChI is InChI=1S/C16H29NO2/c1-11(17-12(2)16(3,4)5)8-13-6-7-14-15(9-13)19-10-18-14/h11,13-15,17H,2,6-10H2,1,3-5H3. The highest BCUT2D eigenvalue weighted by Crippen LogP contribution is 2.34. The Morgan fingerprint density at radius 3 is 2.63 bits per heavy atom. The van der Waals surface area contributed by atoms with E-state index < -0.39 is 0 Å². The van der Waals surface area contributed by atoms with Gasteiger partial charge in [0, 0.05) is 17.2 Å². The summed E-state index contributed by atoms with van der Waals surface area (Å²) < 4.78 is 11.2. The number of hydrogen-bond donors (Lipinski definition) is 1. The first kappa shape index (κ1) is 14.9. The minimum absolute atomic E-state index is 0.133. The van der Waals surface area contributed by atoms with Crippen molar-refractivity contribution in [3.05, 3.63) is 12.3 Å². The van der Waals surface area contributed by atoms with Crippen molar-refractivity contribution in [3.8, 4) is 0 Å². The summed E-state index contributed by atoms with van der Waals surface area (Å²) in [6.07, 6.45) is 5.47. The summed E-state index contributed by atoms with van der Waals surface area (Å²) in [5.74, 6) is 0.748. The summed E-state index contributed by atoms with van der Waals surface area (Å²) in [4.78, 5) is 0. The van der Waals surface area contributed by atoms with Gasteiger partial charge in [-0.15, -0.1) is 0 Å². The number of hydrogen-bond acceptors (Lipinski definition) is 3. The third-order valence-corrected chi connectivity index (χ3v) is 4.42. The molecule has 0 aromatic carbocycles. The van der Waals surface area contributed by atoms with Crippen LogP contribution in [0.1, 0.15) is 53.4 Å². The molecule has 19 heavy (non-hydrogen) atoms. The molecule has 3 heteroatoms. The van der Waals surface area contributed by atoms with Crippen molar-refractivity contribution in [2.24, 2.45) is 11.3 Å². The first-order chi connectivity index (χ1) is 8.86. The molecule has 0 spiro atoms. The second kappa shape index (κ2) is 5.84. The lowest BCUT2D eigenvalue weighted by Gasteiger charge is -2.33. The molecule has 3 nitrogen and oxygen atoms in total. The van der Waals surface area contributed by atoms with Gasteiger partial charge in [0.15, 0.2) is 0 Å². The van der Waals surface area contributed by atoms with Crippen LogP contribution in [-0.2, 0) is 9.47 Å². The second-order valence-corrected chi connectivity index (χ2v) is 7.22. The van der Waals surface area contributed by atoms with E-state index in [-0.39, 0.29) is 5.41 Å². The van der Waals surface area contributed by atoms with Crippen LogP contribution in [0, 0.1) is 11.3 Å². The van der Waals surface area contributed by atoms with Gasteiger partial charge in [-0.25, -0.2) is 0 Å². The normalized spacial score (nSPS) is 32.7. The Morgan fingerprint density at radius 1 is 1.26 bits per heavy atom. The van der Waals surface area contributed by atoms with Crippen LogP contribution < -0.4 is 5.32 Å². The van der Waals surface area contributed by atoms with Crippen LogP contribution in [0.5, 0.6) is 0 Å². The number of nitrogens with one attached hydrogen (secondary N) is 1. The molecule has 2 aliphatic rings. The highest BCUT2D eigenvalue weighted by molar-refractivity contribution is 5.03. The van der Waals surface area contributed by atoms with E-state index in [0.717, 1.165) is 24.5 Å². The predicted molar refractivity (Wildman–Crippen MR) is 77.8 cm³/mol. The highest BCUT2D eigenvalue weighted by atomic mass is 16.7. The van der Waals surface area contributed by atoms with E-state index in [0.29, 0.717) is 25.0 Å². The molecule has 1 aliphatic carbocycles. The molecule has 1 saturated carbocycles. The maximum atomic E-state index is 5.64. The minimum Gasteiger partial charge on any atom is -0.386 e. The zero-order valence-corrected chi connectivity index (χ0v) is 12.9. The Kier molecular flexibility index (Phi) is 4.57. The Bertz CT molecular complexity index is 321. The monoisotopic (exact) mass is 267 g/mol. The van der Waals surface area contributed by atoms with Crippen LogP contribution >= 0.6 is 0 Å². The van der Waals surface area contributed by atoms with Crippen LogP contribution in [0.4, 0.5) is 0 Å². The largest absolute Gasteiger partial charge is 0.386 e. The Hall–Kier alpha value is -0.540. The van der Waals surface area contributed by atoms with Crippen LogP contribution in [0.2, 0.25) is 0 Å². The van der Waals surface area contributed by atoms with E-state index in [1.54, 1.807) is 0 Å². The molecule has 4 atom stereocenters. The molecule has 2 rings (SSSR count). The summed E-state index contributed by atoms with van der Waals surface area (Å²) in [5.41, 5.74) is 1.27. The van der Waals surface area contributed by atoms with Gasteiger partial charge in [-0.1, -0.05) is 27.4 Å². The summed E-state index contributed by atoms with van der Waals surface area (Å²) in [6, 6.07) is 0.482. The summed E-state index contributed by atoms with van der Waals surface area (Å²) in [6.45, 7) is 13.5. The first-order valence-corrected chi connectivity index (χ1v) is 7.55. The van der Waals surface area contributed by atoms with Gasteiger partial charge in [-0.2, -0.15) is 0 Å². The Morgan fingerprint density at radius 2 is 1.95 bits per heavy atom. The lowest BCUT2D eigenvalue weighted by atomic mass is 9.81. The van der Waals surface area contributed by atoms with Crippen molar-refractivity contribution in [1.82, 2.24) is 5.32 Å². The quantitative estimate of drug-likeness (QED) is 0.846. The maximum Gasteiger partial charge on any atom is 0.147 e. The van der Waals surface area contributed by atoms with E-state index in [9.17, 15) is 0 Å². The molecule has 1 saturated heterocycles. The predicted octanol–water partition coefficient (Wildman–Crippen LogP) is 3.46. The third kappa shape index (κ3) is 3.96. The van der Waals surface area contributed by atoms with E-state index >= 15 is 0 Å². The van der Waals surface area contributed by atoms with Gasteiger partial charge in [0.1, 0.15) is 6.79 Å². The molecular weight excluding hydrogens is 238 g/mol. The molecule has 0 radical (unpaired) electrons. The van der Waals surface area contributed by atoms with Crippen LogP contribution in [0.25, 0.3) is 0 Å². The van der Waals surface area contributed by atoms with Crippen LogP contribution in [0.15, 0.2) is 12.3 Å². The van der Waals surface area contributed by atoms with Crippen molar-refractivity contribution in [3.63, 3.8) is 0 Å². The van der Waals surface area contributed by atoms with Crippen molar-refractivity contribution < 1.29 is 9.47 Å². The van der Waals surface area contributed by atoms with Crippen LogP contribution in [-0.4, -0.2) is 25.0 Å². The van der Waals surface area contributed by atoms with Gasteiger partial charge in [-0.3, -0.25) is 0 Å². The zero-order chi connectivity index (χ0) is 14.0. The SMILES string of the molecule is C=C(NC(C)CC1CCC2OCOC2C1)C(C)(C)C. The molecule has 2 fully saturated rings. The smallest absolute Gasteiger partial charge is 0.147 e. The van der Waals surface area contributed by atoms with Crippen molar-refractivity contribution in [1.29, 1.82) is 0 Å². The van der Waals surface area contributed by atoms with E-state index in [4.69, 9.17) is 9.47 Å². The van der Waals surface area contributed by atoms with Gasteiger partial charge in [0.25, 0.3) is 0 Å². The molecule has 1 N–H and O–H groups in total. The fraction of sp³-hybridized carbons (Fsp3) is 0.875. The molecule has 0 aromatic rings.